The van der Waals surface area contributed by atoms with Gasteiger partial charge in [-0.25, -0.2) is 4.98 Å². The first-order valence-electron chi connectivity index (χ1n) is 4.58. The van der Waals surface area contributed by atoms with E-state index >= 15 is 0 Å². The first-order valence-corrected chi connectivity index (χ1v) is 4.96. The molecule has 1 rings (SSSR count). The highest BCUT2D eigenvalue weighted by molar-refractivity contribution is 6.28. The third kappa shape index (κ3) is 3.22. The minimum absolute atomic E-state index is 0.152. The van der Waals surface area contributed by atoms with Crippen molar-refractivity contribution in [3.05, 3.63) is 21.6 Å². The van der Waals surface area contributed by atoms with Crippen molar-refractivity contribution in [2.24, 2.45) is 0 Å². The highest BCUT2D eigenvalue weighted by Crippen LogP contribution is 2.24. The number of hydrogen-bond donors (Lipinski definition) is 3. The van der Waals surface area contributed by atoms with Gasteiger partial charge in [-0.05, 0) is 18.5 Å². The predicted molar refractivity (Wildman–Crippen MR) is 59.9 cm³/mol. The molecule has 0 saturated heterocycles. The summed E-state index contributed by atoms with van der Waals surface area (Å²) in [5.41, 5.74) is -1.52. The fourth-order valence-electron chi connectivity index (χ4n) is 0.994. The van der Waals surface area contributed by atoms with Crippen LogP contribution in [0.3, 0.4) is 0 Å². The zero-order chi connectivity index (χ0) is 13.1. The third-order valence-corrected chi connectivity index (χ3v) is 2.24. The molecular weight excluding hydrogens is 252 g/mol. The Morgan fingerprint density at radius 1 is 1.59 bits per heavy atom. The Balaban J connectivity index is 3.12. The summed E-state index contributed by atoms with van der Waals surface area (Å²) in [4.78, 5) is 17.2. The summed E-state index contributed by atoms with van der Waals surface area (Å²) in [5, 5.41) is 31.3. The lowest BCUT2D eigenvalue weighted by atomic mass is 10.1. The van der Waals surface area contributed by atoms with Gasteiger partial charge in [0.2, 0.25) is 11.1 Å². The zero-order valence-electron chi connectivity index (χ0n) is 8.92. The standard InChI is InChI=1S/C8H11ClN4O4/c1-8(3-14,4-15)12-6-5(13(16)17)2-10-7(9)11-6/h2,14-15H,3-4H2,1H3,(H,10,11,12). The molecule has 94 valence electrons. The molecule has 9 heteroatoms. The van der Waals surface area contributed by atoms with Crippen molar-refractivity contribution in [1.82, 2.24) is 9.97 Å². The Labute approximate surface area is 101 Å². The van der Waals surface area contributed by atoms with Gasteiger partial charge in [0, 0.05) is 0 Å². The summed E-state index contributed by atoms with van der Waals surface area (Å²) in [5.74, 6) is -0.152. The van der Waals surface area contributed by atoms with Crippen molar-refractivity contribution in [2.75, 3.05) is 18.5 Å². The molecule has 1 heterocycles. The summed E-state index contributed by atoms with van der Waals surface area (Å²) in [6.45, 7) is 0.622. The molecule has 8 nitrogen and oxygen atoms in total. The molecule has 0 amide bonds. The maximum Gasteiger partial charge on any atom is 0.329 e. The van der Waals surface area contributed by atoms with Gasteiger partial charge in [-0.3, -0.25) is 10.1 Å². The lowest BCUT2D eigenvalue weighted by Gasteiger charge is -2.26. The van der Waals surface area contributed by atoms with Gasteiger partial charge in [0.15, 0.2) is 0 Å². The van der Waals surface area contributed by atoms with E-state index in [9.17, 15) is 10.1 Å². The highest BCUT2D eigenvalue weighted by Gasteiger charge is 2.27. The molecule has 0 fully saturated rings. The third-order valence-electron chi connectivity index (χ3n) is 2.05. The predicted octanol–water partition coefficient (Wildman–Crippen LogP) is 0.193. The first-order chi connectivity index (χ1) is 7.91. The molecule has 0 atom stereocenters. The lowest BCUT2D eigenvalue weighted by Crippen LogP contribution is -2.43. The molecule has 0 aliphatic heterocycles. The largest absolute Gasteiger partial charge is 0.394 e. The number of halogens is 1. The van der Waals surface area contributed by atoms with Gasteiger partial charge in [0.1, 0.15) is 6.20 Å². The maximum absolute atomic E-state index is 10.7. The second kappa shape index (κ2) is 5.21. The summed E-state index contributed by atoms with van der Waals surface area (Å²) in [6, 6.07) is 0. The molecule has 0 unspecified atom stereocenters. The van der Waals surface area contributed by atoms with Gasteiger partial charge in [0.25, 0.3) is 0 Å². The maximum atomic E-state index is 10.7. The SMILES string of the molecule is CC(CO)(CO)Nc1nc(Cl)ncc1[N+](=O)[O-]. The Morgan fingerprint density at radius 3 is 2.65 bits per heavy atom. The fraction of sp³-hybridized carbons (Fsp3) is 0.500. The molecule has 0 bridgehead atoms. The zero-order valence-corrected chi connectivity index (χ0v) is 9.68. The van der Waals surface area contributed by atoms with E-state index in [-0.39, 0.29) is 16.8 Å². The van der Waals surface area contributed by atoms with E-state index in [1.165, 1.54) is 6.92 Å². The number of hydrogen-bond acceptors (Lipinski definition) is 7. The molecule has 0 aromatic carbocycles. The van der Waals surface area contributed by atoms with E-state index in [1.807, 2.05) is 0 Å². The quantitative estimate of drug-likeness (QED) is 0.393. The topological polar surface area (TPSA) is 121 Å². The first kappa shape index (κ1) is 13.6. The van der Waals surface area contributed by atoms with E-state index in [1.54, 1.807) is 0 Å². The molecule has 0 saturated carbocycles. The number of rotatable bonds is 5. The fourth-order valence-corrected chi connectivity index (χ4v) is 1.13. The lowest BCUT2D eigenvalue weighted by molar-refractivity contribution is -0.384. The minimum Gasteiger partial charge on any atom is -0.394 e. The smallest absolute Gasteiger partial charge is 0.329 e. The van der Waals surface area contributed by atoms with Crippen LogP contribution in [0.1, 0.15) is 6.92 Å². The second-order valence-corrected chi connectivity index (χ2v) is 3.97. The van der Waals surface area contributed by atoms with Crippen LogP contribution >= 0.6 is 11.6 Å². The molecule has 0 radical (unpaired) electrons. The van der Waals surface area contributed by atoms with Crippen LogP contribution in [0.25, 0.3) is 0 Å². The van der Waals surface area contributed by atoms with Crippen LogP contribution in [0, 0.1) is 10.1 Å². The van der Waals surface area contributed by atoms with Crippen molar-refractivity contribution in [3.63, 3.8) is 0 Å². The van der Waals surface area contributed by atoms with Crippen molar-refractivity contribution >= 4 is 23.1 Å². The van der Waals surface area contributed by atoms with E-state index in [2.05, 4.69) is 15.3 Å². The molecule has 1 aromatic heterocycles. The van der Waals surface area contributed by atoms with Crippen LogP contribution in [0.4, 0.5) is 11.5 Å². The number of aromatic nitrogens is 2. The molecule has 0 spiro atoms. The molecule has 0 aliphatic rings. The highest BCUT2D eigenvalue weighted by atomic mass is 35.5. The monoisotopic (exact) mass is 262 g/mol. The average Bonchev–Trinajstić information content (AvgIpc) is 2.28. The summed E-state index contributed by atoms with van der Waals surface area (Å²) in [7, 11) is 0. The summed E-state index contributed by atoms with van der Waals surface area (Å²) >= 11 is 5.53. The minimum atomic E-state index is -1.14. The average molecular weight is 263 g/mol. The van der Waals surface area contributed by atoms with Crippen LogP contribution in [-0.4, -0.2) is 43.9 Å². The Morgan fingerprint density at radius 2 is 2.18 bits per heavy atom. The number of anilines is 1. The molecule has 0 aliphatic carbocycles. The number of aliphatic hydroxyl groups is 2. The van der Waals surface area contributed by atoms with E-state index in [0.29, 0.717) is 0 Å². The number of nitro groups is 1. The number of nitrogens with zero attached hydrogens (tertiary/aromatic N) is 3. The van der Waals surface area contributed by atoms with E-state index in [4.69, 9.17) is 21.8 Å². The van der Waals surface area contributed by atoms with Crippen LogP contribution < -0.4 is 5.32 Å². The van der Waals surface area contributed by atoms with Gasteiger partial charge in [-0.2, -0.15) is 4.98 Å². The van der Waals surface area contributed by atoms with Crippen molar-refractivity contribution in [3.8, 4) is 0 Å². The molecular formula is C8H11ClN4O4. The second-order valence-electron chi connectivity index (χ2n) is 3.63. The van der Waals surface area contributed by atoms with Crippen LogP contribution in [0.2, 0.25) is 5.28 Å². The Bertz CT molecular complexity index is 424. The van der Waals surface area contributed by atoms with Crippen LogP contribution in [-0.2, 0) is 0 Å². The Kier molecular flexibility index (Phi) is 4.16. The van der Waals surface area contributed by atoms with Crippen molar-refractivity contribution in [1.29, 1.82) is 0 Å². The number of nitrogens with one attached hydrogen (secondary N) is 1. The van der Waals surface area contributed by atoms with Gasteiger partial charge < -0.3 is 15.5 Å². The number of aliphatic hydroxyl groups excluding tert-OH is 2. The van der Waals surface area contributed by atoms with Gasteiger partial charge in [-0.15, -0.1) is 0 Å². The van der Waals surface area contributed by atoms with Crippen molar-refractivity contribution in [2.45, 2.75) is 12.5 Å². The molecule has 1 aromatic rings. The summed E-state index contributed by atoms with van der Waals surface area (Å²) < 4.78 is 0. The molecule has 17 heavy (non-hydrogen) atoms. The van der Waals surface area contributed by atoms with Crippen LogP contribution in [0.5, 0.6) is 0 Å². The van der Waals surface area contributed by atoms with Crippen LogP contribution in [0.15, 0.2) is 6.20 Å². The molecule has 3 N–H and O–H groups in total. The van der Waals surface area contributed by atoms with E-state index in [0.717, 1.165) is 6.20 Å². The van der Waals surface area contributed by atoms with Gasteiger partial charge in [0.05, 0.1) is 23.7 Å². The van der Waals surface area contributed by atoms with Gasteiger partial charge >= 0.3 is 5.69 Å². The Hall–Kier alpha value is -1.51. The summed E-state index contributed by atoms with van der Waals surface area (Å²) in [6.07, 6.45) is 0.951. The van der Waals surface area contributed by atoms with E-state index < -0.39 is 23.7 Å². The normalized spacial score (nSPS) is 11.3. The van der Waals surface area contributed by atoms with Crippen molar-refractivity contribution < 1.29 is 15.1 Å². The van der Waals surface area contributed by atoms with Gasteiger partial charge in [-0.1, -0.05) is 0 Å².